The smallest absolute Gasteiger partial charge is 0.244 e. The van der Waals surface area contributed by atoms with E-state index >= 15 is 0 Å². The second-order valence-corrected chi connectivity index (χ2v) is 5.93. The van der Waals surface area contributed by atoms with E-state index in [1.165, 1.54) is 18.2 Å². The highest BCUT2D eigenvalue weighted by molar-refractivity contribution is 6.08. The molecule has 1 aromatic carbocycles. The Bertz CT molecular complexity index is 688. The van der Waals surface area contributed by atoms with Gasteiger partial charge in [0, 0.05) is 5.69 Å². The summed E-state index contributed by atoms with van der Waals surface area (Å²) in [5.74, 6) is -2.10. The molecule has 1 N–H and O–H groups in total. The van der Waals surface area contributed by atoms with Gasteiger partial charge in [0.15, 0.2) is 0 Å². The van der Waals surface area contributed by atoms with Crippen molar-refractivity contribution in [3.8, 4) is 0 Å². The third-order valence-corrected chi connectivity index (χ3v) is 4.36. The van der Waals surface area contributed by atoms with Gasteiger partial charge in [0.05, 0.1) is 11.8 Å². The van der Waals surface area contributed by atoms with Gasteiger partial charge in [-0.2, -0.15) is 0 Å². The summed E-state index contributed by atoms with van der Waals surface area (Å²) < 4.78 is 13.1. The Morgan fingerprint density at radius 3 is 2.39 bits per heavy atom. The first-order valence-electron chi connectivity index (χ1n) is 7.53. The lowest BCUT2D eigenvalue weighted by molar-refractivity contribution is -0.142. The molecule has 0 spiro atoms. The third-order valence-electron chi connectivity index (χ3n) is 4.36. The van der Waals surface area contributed by atoms with Crippen LogP contribution in [0, 0.1) is 24.6 Å². The zero-order valence-corrected chi connectivity index (χ0v) is 12.7. The van der Waals surface area contributed by atoms with Crippen LogP contribution in [0.1, 0.15) is 18.4 Å². The second kappa shape index (κ2) is 5.95. The number of nitrogens with zero attached hydrogens (tertiary/aromatic N) is 1. The number of amides is 3. The van der Waals surface area contributed by atoms with Crippen LogP contribution in [-0.4, -0.2) is 29.2 Å². The lowest BCUT2D eigenvalue weighted by atomic mass is 9.85. The standard InChI is InChI=1S/C17H17FN2O3/c1-10-8-11(18)6-7-14(10)19-15(21)9-20-16(22)12-4-2-3-5-13(12)17(20)23/h2-3,6-8,12-13H,4-5,9H2,1H3,(H,19,21)/t12-,13+. The van der Waals surface area contributed by atoms with Gasteiger partial charge in [-0.15, -0.1) is 0 Å². The van der Waals surface area contributed by atoms with Gasteiger partial charge in [-0.3, -0.25) is 19.3 Å². The van der Waals surface area contributed by atoms with Crippen LogP contribution < -0.4 is 5.32 Å². The summed E-state index contributed by atoms with van der Waals surface area (Å²) in [7, 11) is 0. The minimum atomic E-state index is -0.465. The van der Waals surface area contributed by atoms with E-state index in [4.69, 9.17) is 0 Å². The van der Waals surface area contributed by atoms with Crippen LogP contribution in [0.3, 0.4) is 0 Å². The number of benzene rings is 1. The predicted molar refractivity (Wildman–Crippen MR) is 81.8 cm³/mol. The average molecular weight is 316 g/mol. The van der Waals surface area contributed by atoms with Crippen LogP contribution in [0.15, 0.2) is 30.4 Å². The molecule has 2 aliphatic rings. The van der Waals surface area contributed by atoms with E-state index in [1.54, 1.807) is 6.92 Å². The molecular formula is C17H17FN2O3. The van der Waals surface area contributed by atoms with Crippen LogP contribution in [-0.2, 0) is 14.4 Å². The second-order valence-electron chi connectivity index (χ2n) is 5.93. The van der Waals surface area contributed by atoms with E-state index in [0.717, 1.165) is 4.90 Å². The Hall–Kier alpha value is -2.50. The molecule has 1 aliphatic heterocycles. The van der Waals surface area contributed by atoms with Crippen molar-refractivity contribution in [2.24, 2.45) is 11.8 Å². The number of hydrogen-bond donors (Lipinski definition) is 1. The third kappa shape index (κ3) is 2.88. The molecular weight excluding hydrogens is 299 g/mol. The topological polar surface area (TPSA) is 66.5 Å². The number of carbonyl (C=O) groups is 3. The van der Waals surface area contributed by atoms with Crippen LogP contribution in [0.25, 0.3) is 0 Å². The van der Waals surface area contributed by atoms with E-state index in [9.17, 15) is 18.8 Å². The van der Waals surface area contributed by atoms with Crippen molar-refractivity contribution < 1.29 is 18.8 Å². The molecule has 3 amide bonds. The first-order chi connectivity index (χ1) is 11.0. The van der Waals surface area contributed by atoms with Crippen molar-refractivity contribution in [1.29, 1.82) is 0 Å². The van der Waals surface area contributed by atoms with Gasteiger partial charge >= 0.3 is 0 Å². The van der Waals surface area contributed by atoms with Gasteiger partial charge in [0.1, 0.15) is 12.4 Å². The number of rotatable bonds is 3. The zero-order valence-electron chi connectivity index (χ0n) is 12.7. The summed E-state index contributed by atoms with van der Waals surface area (Å²) >= 11 is 0. The molecule has 1 fully saturated rings. The minimum absolute atomic E-state index is 0.282. The van der Waals surface area contributed by atoms with Crippen LogP contribution in [0.2, 0.25) is 0 Å². The number of halogens is 1. The van der Waals surface area contributed by atoms with Gasteiger partial charge in [-0.1, -0.05) is 12.2 Å². The Balaban J connectivity index is 1.68. The monoisotopic (exact) mass is 316 g/mol. The largest absolute Gasteiger partial charge is 0.324 e. The van der Waals surface area contributed by atoms with Gasteiger partial charge in [0.2, 0.25) is 17.7 Å². The highest BCUT2D eigenvalue weighted by atomic mass is 19.1. The first kappa shape index (κ1) is 15.4. The van der Waals surface area contributed by atoms with Gasteiger partial charge in [-0.25, -0.2) is 4.39 Å². The van der Waals surface area contributed by atoms with E-state index in [1.807, 2.05) is 12.2 Å². The van der Waals surface area contributed by atoms with E-state index in [-0.39, 0.29) is 36.0 Å². The van der Waals surface area contributed by atoms with Crippen molar-refractivity contribution >= 4 is 23.4 Å². The number of nitrogens with one attached hydrogen (secondary N) is 1. The molecule has 0 unspecified atom stereocenters. The normalized spacial score (nSPS) is 23.1. The molecule has 120 valence electrons. The van der Waals surface area contributed by atoms with Crippen LogP contribution in [0.5, 0.6) is 0 Å². The van der Waals surface area contributed by atoms with E-state index < -0.39 is 5.91 Å². The highest BCUT2D eigenvalue weighted by Crippen LogP contribution is 2.34. The number of likely N-dealkylation sites (tertiary alicyclic amines) is 1. The summed E-state index contributed by atoms with van der Waals surface area (Å²) in [6.45, 7) is 1.37. The summed E-state index contributed by atoms with van der Waals surface area (Å²) in [6, 6.07) is 4.01. The van der Waals surface area contributed by atoms with Crippen molar-refractivity contribution in [2.45, 2.75) is 19.8 Å². The molecule has 2 atom stereocenters. The average Bonchev–Trinajstić information content (AvgIpc) is 2.76. The SMILES string of the molecule is Cc1cc(F)ccc1NC(=O)CN1C(=O)[C@H]2CC=CC[C@H]2C1=O. The Labute approximate surface area is 133 Å². The quantitative estimate of drug-likeness (QED) is 0.685. The first-order valence-corrected chi connectivity index (χ1v) is 7.53. The summed E-state index contributed by atoms with van der Waals surface area (Å²) in [6.07, 6.45) is 4.89. The van der Waals surface area contributed by atoms with Crippen molar-refractivity contribution in [3.63, 3.8) is 0 Å². The number of imide groups is 1. The maximum atomic E-state index is 13.1. The number of carbonyl (C=O) groups excluding carboxylic acids is 3. The Morgan fingerprint density at radius 1 is 1.22 bits per heavy atom. The molecule has 1 saturated heterocycles. The lowest BCUT2D eigenvalue weighted by Gasteiger charge is -2.15. The molecule has 1 heterocycles. The Kier molecular flexibility index (Phi) is 3.98. The fourth-order valence-corrected chi connectivity index (χ4v) is 3.13. The van der Waals surface area contributed by atoms with Crippen LogP contribution in [0.4, 0.5) is 10.1 Å². The number of aryl methyl sites for hydroxylation is 1. The molecule has 6 heteroatoms. The molecule has 0 radical (unpaired) electrons. The molecule has 1 aliphatic carbocycles. The minimum Gasteiger partial charge on any atom is -0.324 e. The summed E-state index contributed by atoms with van der Waals surface area (Å²) in [5.41, 5.74) is 1.05. The van der Waals surface area contributed by atoms with Crippen molar-refractivity contribution in [1.82, 2.24) is 4.90 Å². The number of anilines is 1. The fraction of sp³-hybridized carbons (Fsp3) is 0.353. The molecule has 0 aromatic heterocycles. The summed E-state index contributed by atoms with van der Waals surface area (Å²) in [4.78, 5) is 37.8. The summed E-state index contributed by atoms with van der Waals surface area (Å²) in [5, 5.41) is 2.62. The molecule has 0 bridgehead atoms. The lowest BCUT2D eigenvalue weighted by Crippen LogP contribution is -2.38. The molecule has 0 saturated carbocycles. The van der Waals surface area contributed by atoms with Gasteiger partial charge < -0.3 is 5.32 Å². The van der Waals surface area contributed by atoms with Crippen molar-refractivity contribution in [2.75, 3.05) is 11.9 Å². The van der Waals surface area contributed by atoms with E-state index in [0.29, 0.717) is 24.1 Å². The molecule has 5 nitrogen and oxygen atoms in total. The van der Waals surface area contributed by atoms with E-state index in [2.05, 4.69) is 5.32 Å². The molecule has 1 aromatic rings. The van der Waals surface area contributed by atoms with Gasteiger partial charge in [0.25, 0.3) is 0 Å². The van der Waals surface area contributed by atoms with Crippen molar-refractivity contribution in [3.05, 3.63) is 41.7 Å². The number of allylic oxidation sites excluding steroid dienone is 2. The maximum Gasteiger partial charge on any atom is 0.244 e. The number of fused-ring (bicyclic) bond motifs is 1. The van der Waals surface area contributed by atoms with Gasteiger partial charge in [-0.05, 0) is 43.5 Å². The zero-order chi connectivity index (χ0) is 16.6. The fourth-order valence-electron chi connectivity index (χ4n) is 3.13. The molecule has 3 rings (SSSR count). The number of hydrogen-bond acceptors (Lipinski definition) is 3. The molecule has 23 heavy (non-hydrogen) atoms. The highest BCUT2D eigenvalue weighted by Gasteiger charge is 2.47. The Morgan fingerprint density at radius 2 is 1.83 bits per heavy atom. The van der Waals surface area contributed by atoms with Crippen LogP contribution >= 0.6 is 0 Å². The predicted octanol–water partition coefficient (Wildman–Crippen LogP) is 2.02. The maximum absolute atomic E-state index is 13.1.